The minimum absolute atomic E-state index is 0.383. The molecule has 1 aromatic heterocycles. The highest BCUT2D eigenvalue weighted by molar-refractivity contribution is 6.29. The van der Waals surface area contributed by atoms with E-state index in [1.165, 1.54) is 6.33 Å². The van der Waals surface area contributed by atoms with Gasteiger partial charge in [-0.2, -0.15) is 0 Å². The van der Waals surface area contributed by atoms with Crippen molar-refractivity contribution in [2.45, 2.75) is 18.6 Å². The highest BCUT2D eigenvalue weighted by Crippen LogP contribution is 2.31. The SMILES string of the molecule is Clc1cc(N2CC3CC2CO3)ncn1. The molecule has 2 aliphatic rings. The lowest BCUT2D eigenvalue weighted by molar-refractivity contribution is 0.0989. The number of halogens is 1. The zero-order valence-electron chi connectivity index (χ0n) is 7.56. The molecule has 14 heavy (non-hydrogen) atoms. The lowest BCUT2D eigenvalue weighted by Gasteiger charge is -2.27. The molecule has 0 aromatic carbocycles. The standard InChI is InChI=1S/C9H10ClN3O/c10-8-2-9(12-5-11-8)13-3-7-1-6(13)4-14-7/h2,5-7H,1,3-4H2. The fraction of sp³-hybridized carbons (Fsp3) is 0.556. The van der Waals surface area contributed by atoms with E-state index in [4.69, 9.17) is 16.3 Å². The van der Waals surface area contributed by atoms with Crippen molar-refractivity contribution in [3.8, 4) is 0 Å². The molecule has 0 spiro atoms. The Hall–Kier alpha value is -0.870. The number of fused-ring (bicyclic) bond motifs is 2. The molecular weight excluding hydrogens is 202 g/mol. The summed E-state index contributed by atoms with van der Waals surface area (Å²) in [6.07, 6.45) is 3.00. The Morgan fingerprint density at radius 3 is 3.07 bits per heavy atom. The van der Waals surface area contributed by atoms with Crippen molar-refractivity contribution in [1.29, 1.82) is 0 Å². The molecule has 2 unspecified atom stereocenters. The fourth-order valence-electron chi connectivity index (χ4n) is 2.16. The molecule has 0 amide bonds. The number of hydrogen-bond donors (Lipinski definition) is 0. The molecule has 2 aliphatic heterocycles. The van der Waals surface area contributed by atoms with E-state index in [1.807, 2.05) is 6.07 Å². The zero-order chi connectivity index (χ0) is 9.54. The van der Waals surface area contributed by atoms with Crippen LogP contribution in [0.1, 0.15) is 6.42 Å². The third-order valence-corrected chi connectivity index (χ3v) is 3.02. The summed E-state index contributed by atoms with van der Waals surface area (Å²) in [5.74, 6) is 0.917. The maximum Gasteiger partial charge on any atom is 0.134 e. The summed E-state index contributed by atoms with van der Waals surface area (Å²) in [7, 11) is 0. The highest BCUT2D eigenvalue weighted by atomic mass is 35.5. The largest absolute Gasteiger partial charge is 0.374 e. The molecule has 1 aromatic rings. The van der Waals surface area contributed by atoms with Crippen molar-refractivity contribution in [3.63, 3.8) is 0 Å². The van der Waals surface area contributed by atoms with Gasteiger partial charge < -0.3 is 9.64 Å². The maximum absolute atomic E-state index is 5.82. The molecule has 0 saturated carbocycles. The summed E-state index contributed by atoms with van der Waals surface area (Å²) in [6.45, 7) is 1.74. The lowest BCUT2D eigenvalue weighted by atomic mass is 10.2. The number of aromatic nitrogens is 2. The van der Waals surface area contributed by atoms with Crippen LogP contribution < -0.4 is 4.90 Å². The van der Waals surface area contributed by atoms with Crippen LogP contribution in [0.2, 0.25) is 5.15 Å². The van der Waals surface area contributed by atoms with Crippen molar-refractivity contribution >= 4 is 17.4 Å². The summed E-state index contributed by atoms with van der Waals surface area (Å²) in [5.41, 5.74) is 0. The van der Waals surface area contributed by atoms with Crippen LogP contribution in [0.4, 0.5) is 5.82 Å². The summed E-state index contributed by atoms with van der Waals surface area (Å²) in [4.78, 5) is 10.3. The molecule has 2 fully saturated rings. The van der Waals surface area contributed by atoms with Gasteiger partial charge in [0, 0.05) is 12.6 Å². The van der Waals surface area contributed by atoms with Gasteiger partial charge in [0.1, 0.15) is 17.3 Å². The van der Waals surface area contributed by atoms with Gasteiger partial charge in [-0.25, -0.2) is 9.97 Å². The Labute approximate surface area is 86.9 Å². The smallest absolute Gasteiger partial charge is 0.134 e. The van der Waals surface area contributed by atoms with Crippen LogP contribution in [0.5, 0.6) is 0 Å². The molecule has 0 N–H and O–H groups in total. The van der Waals surface area contributed by atoms with Crippen LogP contribution in [-0.2, 0) is 4.74 Å². The van der Waals surface area contributed by atoms with E-state index in [9.17, 15) is 0 Å². The molecule has 74 valence electrons. The van der Waals surface area contributed by atoms with Gasteiger partial charge in [-0.15, -0.1) is 0 Å². The average Bonchev–Trinajstić information content (AvgIpc) is 2.78. The molecule has 0 radical (unpaired) electrons. The molecule has 3 rings (SSSR count). The van der Waals surface area contributed by atoms with Crippen molar-refractivity contribution < 1.29 is 4.74 Å². The normalized spacial score (nSPS) is 29.9. The summed E-state index contributed by atoms with van der Waals surface area (Å²) >= 11 is 5.82. The quantitative estimate of drug-likeness (QED) is 0.653. The van der Waals surface area contributed by atoms with E-state index in [0.717, 1.165) is 25.4 Å². The first kappa shape index (κ1) is 8.44. The van der Waals surface area contributed by atoms with Gasteiger partial charge in [0.05, 0.1) is 18.8 Å². The molecule has 2 atom stereocenters. The Morgan fingerprint density at radius 2 is 2.43 bits per heavy atom. The van der Waals surface area contributed by atoms with E-state index in [0.29, 0.717) is 17.3 Å². The summed E-state index contributed by atoms with van der Waals surface area (Å²) in [6, 6.07) is 2.29. The Morgan fingerprint density at radius 1 is 1.50 bits per heavy atom. The maximum atomic E-state index is 5.82. The molecule has 5 heteroatoms. The molecule has 2 bridgehead atoms. The number of rotatable bonds is 1. The second kappa shape index (κ2) is 3.07. The summed E-state index contributed by atoms with van der Waals surface area (Å²) < 4.78 is 5.52. The Bertz CT molecular complexity index is 360. The first-order chi connectivity index (χ1) is 6.83. The second-order valence-corrected chi connectivity index (χ2v) is 4.08. The molecule has 2 saturated heterocycles. The van der Waals surface area contributed by atoms with Crippen LogP contribution in [-0.4, -0.2) is 35.3 Å². The van der Waals surface area contributed by atoms with Crippen LogP contribution >= 0.6 is 11.6 Å². The van der Waals surface area contributed by atoms with Gasteiger partial charge in [-0.05, 0) is 6.42 Å². The monoisotopic (exact) mass is 211 g/mol. The van der Waals surface area contributed by atoms with E-state index in [2.05, 4.69) is 14.9 Å². The van der Waals surface area contributed by atoms with Gasteiger partial charge in [0.25, 0.3) is 0 Å². The van der Waals surface area contributed by atoms with Crippen molar-refractivity contribution in [2.75, 3.05) is 18.1 Å². The van der Waals surface area contributed by atoms with Crippen molar-refractivity contribution in [1.82, 2.24) is 9.97 Å². The molecule has 3 heterocycles. The predicted molar refractivity (Wildman–Crippen MR) is 52.5 cm³/mol. The summed E-state index contributed by atoms with van der Waals surface area (Å²) in [5, 5.41) is 0.499. The van der Waals surface area contributed by atoms with Crippen LogP contribution in [0.3, 0.4) is 0 Å². The van der Waals surface area contributed by atoms with E-state index < -0.39 is 0 Å². The number of nitrogens with zero attached hydrogens (tertiary/aromatic N) is 3. The third kappa shape index (κ3) is 1.26. The third-order valence-electron chi connectivity index (χ3n) is 2.81. The first-order valence-corrected chi connectivity index (χ1v) is 5.06. The highest BCUT2D eigenvalue weighted by Gasteiger charge is 2.39. The van der Waals surface area contributed by atoms with E-state index >= 15 is 0 Å². The first-order valence-electron chi connectivity index (χ1n) is 4.69. The fourth-order valence-corrected chi connectivity index (χ4v) is 2.30. The van der Waals surface area contributed by atoms with Gasteiger partial charge in [-0.3, -0.25) is 0 Å². The number of hydrogen-bond acceptors (Lipinski definition) is 4. The van der Waals surface area contributed by atoms with Gasteiger partial charge in [-0.1, -0.05) is 11.6 Å². The number of morpholine rings is 1. The van der Waals surface area contributed by atoms with Crippen molar-refractivity contribution in [2.24, 2.45) is 0 Å². The second-order valence-electron chi connectivity index (χ2n) is 3.70. The number of ether oxygens (including phenoxy) is 1. The Kier molecular flexibility index (Phi) is 1.85. The lowest BCUT2D eigenvalue weighted by Crippen LogP contribution is -2.37. The van der Waals surface area contributed by atoms with Gasteiger partial charge in [0.15, 0.2) is 0 Å². The predicted octanol–water partition coefficient (Wildman–Crippen LogP) is 1.11. The zero-order valence-corrected chi connectivity index (χ0v) is 8.31. The topological polar surface area (TPSA) is 38.2 Å². The minimum atomic E-state index is 0.383. The Balaban J connectivity index is 1.89. The molecule has 0 aliphatic carbocycles. The van der Waals surface area contributed by atoms with Crippen LogP contribution in [0.25, 0.3) is 0 Å². The van der Waals surface area contributed by atoms with E-state index in [1.54, 1.807) is 0 Å². The molecule has 4 nitrogen and oxygen atoms in total. The average molecular weight is 212 g/mol. The minimum Gasteiger partial charge on any atom is -0.374 e. The van der Waals surface area contributed by atoms with Gasteiger partial charge in [0.2, 0.25) is 0 Å². The number of anilines is 1. The van der Waals surface area contributed by atoms with Crippen LogP contribution in [0.15, 0.2) is 12.4 Å². The van der Waals surface area contributed by atoms with E-state index in [-0.39, 0.29) is 0 Å². The van der Waals surface area contributed by atoms with Crippen molar-refractivity contribution in [3.05, 3.63) is 17.5 Å². The molecular formula is C9H10ClN3O. The van der Waals surface area contributed by atoms with Crippen LogP contribution in [0, 0.1) is 0 Å². The van der Waals surface area contributed by atoms with Gasteiger partial charge >= 0.3 is 0 Å².